The van der Waals surface area contributed by atoms with Gasteiger partial charge in [-0.05, 0) is 41.5 Å². The first-order valence-corrected chi connectivity index (χ1v) is 6.67. The molecule has 17 heavy (non-hydrogen) atoms. The molecule has 0 unspecified atom stereocenters. The van der Waals surface area contributed by atoms with Crippen molar-refractivity contribution in [3.05, 3.63) is 22.3 Å². The van der Waals surface area contributed by atoms with Gasteiger partial charge < -0.3 is 10.4 Å². The highest BCUT2D eigenvalue weighted by molar-refractivity contribution is 9.10. The molecule has 0 atom stereocenters. The van der Waals surface area contributed by atoms with Crippen molar-refractivity contribution in [2.24, 2.45) is 0 Å². The molecule has 0 spiro atoms. The van der Waals surface area contributed by atoms with Crippen LogP contribution in [0.15, 0.2) is 16.6 Å². The van der Waals surface area contributed by atoms with Gasteiger partial charge in [0.1, 0.15) is 5.82 Å². The lowest BCUT2D eigenvalue weighted by Crippen LogP contribution is -2.31. The Kier molecular flexibility index (Phi) is 6.47. The summed E-state index contributed by atoms with van der Waals surface area (Å²) in [5.74, 6) is 0.894. The molecule has 0 amide bonds. The molecular weight excluding hydrogens is 282 g/mol. The van der Waals surface area contributed by atoms with E-state index in [2.05, 4.69) is 38.1 Å². The van der Waals surface area contributed by atoms with Crippen molar-refractivity contribution < 1.29 is 5.11 Å². The fourth-order valence-electron chi connectivity index (χ4n) is 1.55. The van der Waals surface area contributed by atoms with Crippen LogP contribution in [-0.2, 0) is 0 Å². The second-order valence-electron chi connectivity index (χ2n) is 3.85. The predicted molar refractivity (Wildman–Crippen MR) is 74.4 cm³/mol. The van der Waals surface area contributed by atoms with Crippen LogP contribution in [0.4, 0.5) is 5.82 Å². The zero-order valence-electron chi connectivity index (χ0n) is 10.4. The summed E-state index contributed by atoms with van der Waals surface area (Å²) in [5, 5.41) is 12.2. The number of hydrogen-bond donors (Lipinski definition) is 2. The first-order valence-electron chi connectivity index (χ1n) is 5.87. The Morgan fingerprint density at radius 3 is 2.76 bits per heavy atom. The average Bonchev–Trinajstić information content (AvgIpc) is 2.32. The van der Waals surface area contributed by atoms with Crippen LogP contribution in [0.3, 0.4) is 0 Å². The molecule has 1 rings (SSSR count). The highest BCUT2D eigenvalue weighted by Crippen LogP contribution is 2.15. The van der Waals surface area contributed by atoms with Crippen LogP contribution in [0.1, 0.15) is 12.6 Å². The average molecular weight is 302 g/mol. The number of pyridine rings is 1. The first-order chi connectivity index (χ1) is 8.17. The number of aromatic nitrogens is 1. The Morgan fingerprint density at radius 1 is 1.41 bits per heavy atom. The van der Waals surface area contributed by atoms with Crippen molar-refractivity contribution in [1.82, 2.24) is 9.88 Å². The lowest BCUT2D eigenvalue weighted by molar-refractivity contribution is 0.206. The second-order valence-corrected chi connectivity index (χ2v) is 4.70. The summed E-state index contributed by atoms with van der Waals surface area (Å²) in [4.78, 5) is 6.61. The Labute approximate surface area is 111 Å². The highest BCUT2D eigenvalue weighted by atomic mass is 79.9. The summed E-state index contributed by atoms with van der Waals surface area (Å²) >= 11 is 3.43. The molecular formula is C12H20BrN3O. The van der Waals surface area contributed by atoms with Crippen LogP contribution in [-0.4, -0.2) is 47.8 Å². The molecule has 0 fully saturated rings. The van der Waals surface area contributed by atoms with Gasteiger partial charge >= 0.3 is 0 Å². The number of aryl methyl sites for hydroxylation is 1. The van der Waals surface area contributed by atoms with E-state index in [1.165, 1.54) is 0 Å². The van der Waals surface area contributed by atoms with E-state index >= 15 is 0 Å². The van der Waals surface area contributed by atoms with E-state index in [-0.39, 0.29) is 6.61 Å². The zero-order chi connectivity index (χ0) is 12.7. The van der Waals surface area contributed by atoms with Crippen molar-refractivity contribution in [2.45, 2.75) is 13.8 Å². The molecule has 0 aliphatic carbocycles. The van der Waals surface area contributed by atoms with E-state index in [1.807, 2.05) is 19.1 Å². The smallest absolute Gasteiger partial charge is 0.126 e. The fraction of sp³-hybridized carbons (Fsp3) is 0.583. The third kappa shape index (κ3) is 5.02. The zero-order valence-corrected chi connectivity index (χ0v) is 12.0. The van der Waals surface area contributed by atoms with Gasteiger partial charge in [0.25, 0.3) is 0 Å². The van der Waals surface area contributed by atoms with Crippen molar-refractivity contribution in [1.29, 1.82) is 0 Å². The number of aliphatic hydroxyl groups is 1. The summed E-state index contributed by atoms with van der Waals surface area (Å²) in [6, 6.07) is 3.95. The van der Waals surface area contributed by atoms with Crippen molar-refractivity contribution >= 4 is 21.7 Å². The van der Waals surface area contributed by atoms with Gasteiger partial charge in [-0.25, -0.2) is 4.98 Å². The van der Waals surface area contributed by atoms with Gasteiger partial charge in [-0.2, -0.15) is 0 Å². The van der Waals surface area contributed by atoms with E-state index < -0.39 is 0 Å². The van der Waals surface area contributed by atoms with E-state index in [1.54, 1.807) is 0 Å². The summed E-state index contributed by atoms with van der Waals surface area (Å²) < 4.78 is 1.03. The van der Waals surface area contributed by atoms with E-state index in [0.29, 0.717) is 0 Å². The quantitative estimate of drug-likeness (QED) is 0.807. The Morgan fingerprint density at radius 2 is 2.18 bits per heavy atom. The maximum atomic E-state index is 8.87. The number of hydrogen-bond acceptors (Lipinski definition) is 4. The molecule has 5 heteroatoms. The number of halogens is 1. The molecule has 1 aromatic heterocycles. The molecule has 0 aromatic carbocycles. The molecule has 0 aliphatic heterocycles. The Hall–Kier alpha value is -0.650. The number of likely N-dealkylation sites (N-methyl/N-ethyl adjacent to an activating group) is 1. The van der Waals surface area contributed by atoms with E-state index in [9.17, 15) is 0 Å². The van der Waals surface area contributed by atoms with Gasteiger partial charge in [-0.15, -0.1) is 0 Å². The van der Waals surface area contributed by atoms with Crippen LogP contribution in [0, 0.1) is 6.92 Å². The normalized spacial score (nSPS) is 10.9. The van der Waals surface area contributed by atoms with Gasteiger partial charge in [0, 0.05) is 24.1 Å². The van der Waals surface area contributed by atoms with Gasteiger partial charge in [0.05, 0.1) is 12.3 Å². The van der Waals surface area contributed by atoms with E-state index in [4.69, 9.17) is 5.11 Å². The van der Waals surface area contributed by atoms with Gasteiger partial charge in [0.2, 0.25) is 0 Å². The van der Waals surface area contributed by atoms with Gasteiger partial charge in [-0.1, -0.05) is 6.92 Å². The van der Waals surface area contributed by atoms with Crippen LogP contribution in [0.2, 0.25) is 0 Å². The lowest BCUT2D eigenvalue weighted by Gasteiger charge is -2.19. The molecule has 96 valence electrons. The molecule has 1 heterocycles. The SMILES string of the molecule is CCN(CCO)CCNc1ccc(Br)c(C)n1. The second kappa shape index (κ2) is 7.63. The molecule has 2 N–H and O–H groups in total. The van der Waals surface area contributed by atoms with Crippen molar-refractivity contribution in [3.63, 3.8) is 0 Å². The standard InChI is InChI=1S/C12H20BrN3O/c1-3-16(8-9-17)7-6-14-12-5-4-11(13)10(2)15-12/h4-5,17H,3,6-9H2,1-2H3,(H,14,15). The Bertz CT molecular complexity index is 347. The van der Waals surface area contributed by atoms with Crippen LogP contribution >= 0.6 is 15.9 Å². The van der Waals surface area contributed by atoms with Crippen molar-refractivity contribution in [3.8, 4) is 0 Å². The number of nitrogens with zero attached hydrogens (tertiary/aromatic N) is 2. The topological polar surface area (TPSA) is 48.4 Å². The molecule has 0 aliphatic rings. The minimum absolute atomic E-state index is 0.212. The first kappa shape index (κ1) is 14.4. The Balaban J connectivity index is 2.37. The number of anilines is 1. The van der Waals surface area contributed by atoms with Crippen molar-refractivity contribution in [2.75, 3.05) is 38.1 Å². The van der Waals surface area contributed by atoms with Crippen LogP contribution < -0.4 is 5.32 Å². The lowest BCUT2D eigenvalue weighted by atomic mass is 10.3. The minimum atomic E-state index is 0.212. The number of aliphatic hydroxyl groups excluding tert-OH is 1. The van der Waals surface area contributed by atoms with Gasteiger partial charge in [0.15, 0.2) is 0 Å². The number of rotatable bonds is 7. The molecule has 0 bridgehead atoms. The summed E-state index contributed by atoms with van der Waals surface area (Å²) in [7, 11) is 0. The van der Waals surface area contributed by atoms with Crippen LogP contribution in [0.5, 0.6) is 0 Å². The molecule has 4 nitrogen and oxygen atoms in total. The largest absolute Gasteiger partial charge is 0.395 e. The molecule has 0 saturated heterocycles. The monoisotopic (exact) mass is 301 g/mol. The maximum Gasteiger partial charge on any atom is 0.126 e. The summed E-state index contributed by atoms with van der Waals surface area (Å²) in [6.45, 7) is 7.70. The highest BCUT2D eigenvalue weighted by Gasteiger charge is 2.02. The number of nitrogens with one attached hydrogen (secondary N) is 1. The molecule has 0 saturated carbocycles. The minimum Gasteiger partial charge on any atom is -0.395 e. The fourth-order valence-corrected chi connectivity index (χ4v) is 1.77. The van der Waals surface area contributed by atoms with Crippen LogP contribution in [0.25, 0.3) is 0 Å². The summed E-state index contributed by atoms with van der Waals surface area (Å²) in [5.41, 5.74) is 0.984. The summed E-state index contributed by atoms with van der Waals surface area (Å²) in [6.07, 6.45) is 0. The predicted octanol–water partition coefficient (Wildman–Crippen LogP) is 1.88. The van der Waals surface area contributed by atoms with Gasteiger partial charge in [-0.3, -0.25) is 4.90 Å². The molecule has 0 radical (unpaired) electrons. The third-order valence-corrected chi connectivity index (χ3v) is 3.46. The molecule has 1 aromatic rings. The maximum absolute atomic E-state index is 8.87. The third-order valence-electron chi connectivity index (χ3n) is 2.62. The van der Waals surface area contributed by atoms with E-state index in [0.717, 1.165) is 42.2 Å².